The molecular weight excluding hydrogens is 500 g/mol. The van der Waals surface area contributed by atoms with Gasteiger partial charge in [-0.25, -0.2) is 13.6 Å². The van der Waals surface area contributed by atoms with Gasteiger partial charge in [-0.2, -0.15) is 0 Å². The smallest absolute Gasteiger partial charge is 0.410 e. The highest BCUT2D eigenvalue weighted by Crippen LogP contribution is 2.49. The van der Waals surface area contributed by atoms with Crippen molar-refractivity contribution in [3.8, 4) is 0 Å². The molecule has 2 heterocycles. The molecule has 216 valence electrons. The van der Waals surface area contributed by atoms with Crippen LogP contribution >= 0.6 is 0 Å². The molecule has 5 rings (SSSR count). The van der Waals surface area contributed by atoms with Gasteiger partial charge in [0.05, 0.1) is 5.54 Å². The van der Waals surface area contributed by atoms with Crippen molar-refractivity contribution < 1.29 is 23.1 Å². The average molecular weight is 546 g/mol. The summed E-state index contributed by atoms with van der Waals surface area (Å²) in [5, 5.41) is 0. The van der Waals surface area contributed by atoms with E-state index in [4.69, 9.17) is 4.74 Å². The van der Waals surface area contributed by atoms with Gasteiger partial charge in [0.25, 0.3) is 0 Å². The van der Waals surface area contributed by atoms with Crippen molar-refractivity contribution >= 4 is 12.0 Å². The van der Waals surface area contributed by atoms with Crippen LogP contribution in [0.1, 0.15) is 83.1 Å². The summed E-state index contributed by atoms with van der Waals surface area (Å²) in [5.74, 6) is -1.12. The number of benzene rings is 1. The van der Waals surface area contributed by atoms with Gasteiger partial charge in [0.15, 0.2) is 0 Å². The van der Waals surface area contributed by atoms with Crippen molar-refractivity contribution in [3.05, 3.63) is 35.4 Å². The zero-order valence-corrected chi connectivity index (χ0v) is 24.1. The van der Waals surface area contributed by atoms with E-state index < -0.39 is 11.6 Å². The third-order valence-corrected chi connectivity index (χ3v) is 10.5. The van der Waals surface area contributed by atoms with E-state index >= 15 is 0 Å². The van der Waals surface area contributed by atoms with Crippen molar-refractivity contribution in [2.24, 2.45) is 17.3 Å². The van der Waals surface area contributed by atoms with Gasteiger partial charge in [0.2, 0.25) is 5.91 Å². The van der Waals surface area contributed by atoms with Gasteiger partial charge in [-0.3, -0.25) is 9.69 Å². The van der Waals surface area contributed by atoms with E-state index in [2.05, 4.69) is 18.7 Å². The second-order valence-corrected chi connectivity index (χ2v) is 13.4. The van der Waals surface area contributed by atoms with Crippen LogP contribution in [0, 0.1) is 28.9 Å². The highest BCUT2D eigenvalue weighted by atomic mass is 19.1. The molecule has 8 heteroatoms. The fourth-order valence-corrected chi connectivity index (χ4v) is 7.90. The lowest BCUT2D eigenvalue weighted by atomic mass is 9.63. The lowest BCUT2D eigenvalue weighted by Crippen LogP contribution is -2.55. The Hall–Kier alpha value is -2.22. The zero-order valence-electron chi connectivity index (χ0n) is 24.1. The molecule has 2 amide bonds. The monoisotopic (exact) mass is 545 g/mol. The van der Waals surface area contributed by atoms with Crippen LogP contribution in [0.2, 0.25) is 0 Å². The number of piperidine rings is 1. The summed E-state index contributed by atoms with van der Waals surface area (Å²) < 4.78 is 34.0. The zero-order chi connectivity index (χ0) is 27.9. The van der Waals surface area contributed by atoms with Crippen LogP contribution in [-0.2, 0) is 9.53 Å². The topological polar surface area (TPSA) is 53.1 Å². The molecule has 0 spiro atoms. The predicted molar refractivity (Wildman–Crippen MR) is 146 cm³/mol. The number of hydrogen-bond donors (Lipinski definition) is 0. The fraction of sp³-hybridized carbons (Fsp3) is 0.742. The minimum atomic E-state index is -0.596. The molecule has 2 saturated carbocycles. The van der Waals surface area contributed by atoms with E-state index in [1.54, 1.807) is 0 Å². The summed E-state index contributed by atoms with van der Waals surface area (Å²) in [6.45, 7) is 6.54. The summed E-state index contributed by atoms with van der Waals surface area (Å²) in [4.78, 5) is 32.8. The molecule has 0 radical (unpaired) electrons. The number of rotatable bonds is 6. The summed E-state index contributed by atoms with van der Waals surface area (Å²) in [6.07, 6.45) is 8.92. The Labute approximate surface area is 232 Å². The molecule has 3 unspecified atom stereocenters. The number of likely N-dealkylation sites (tertiary alicyclic amines) is 1. The Balaban J connectivity index is 1.35. The van der Waals surface area contributed by atoms with Gasteiger partial charge in [-0.05, 0) is 95.3 Å². The normalized spacial score (nSPS) is 29.2. The van der Waals surface area contributed by atoms with Gasteiger partial charge < -0.3 is 14.5 Å². The highest BCUT2D eigenvalue weighted by molar-refractivity contribution is 5.80. The number of amides is 2. The van der Waals surface area contributed by atoms with Gasteiger partial charge >= 0.3 is 6.09 Å². The number of nitrogens with zero attached hydrogens (tertiary/aromatic N) is 3. The molecule has 39 heavy (non-hydrogen) atoms. The maximum Gasteiger partial charge on any atom is 0.410 e. The van der Waals surface area contributed by atoms with Crippen LogP contribution in [0.5, 0.6) is 0 Å². The molecule has 0 bridgehead atoms. The number of hydrogen-bond acceptors (Lipinski definition) is 4. The summed E-state index contributed by atoms with van der Waals surface area (Å²) >= 11 is 0. The minimum absolute atomic E-state index is 0.0257. The van der Waals surface area contributed by atoms with Crippen LogP contribution in [0.25, 0.3) is 0 Å². The van der Waals surface area contributed by atoms with Crippen molar-refractivity contribution in [1.82, 2.24) is 14.7 Å². The second kappa shape index (κ2) is 11.0. The molecule has 4 aliphatic rings. The quantitative estimate of drug-likeness (QED) is 0.453. The summed E-state index contributed by atoms with van der Waals surface area (Å²) in [5.41, 5.74) is 0.0909. The summed E-state index contributed by atoms with van der Waals surface area (Å²) in [6, 6.07) is 3.93. The Morgan fingerprint density at radius 3 is 2.36 bits per heavy atom. The van der Waals surface area contributed by atoms with Gasteiger partial charge in [0.1, 0.15) is 18.2 Å². The number of cyclic esters (lactones) is 1. The molecule has 1 aromatic carbocycles. The van der Waals surface area contributed by atoms with E-state index in [9.17, 15) is 18.4 Å². The predicted octanol–water partition coefficient (Wildman–Crippen LogP) is 5.81. The molecule has 3 atom stereocenters. The van der Waals surface area contributed by atoms with Gasteiger partial charge in [-0.15, -0.1) is 0 Å². The first kappa shape index (κ1) is 28.3. The Morgan fingerprint density at radius 2 is 1.77 bits per heavy atom. The maximum absolute atomic E-state index is 14.9. The van der Waals surface area contributed by atoms with E-state index in [1.165, 1.54) is 44.2 Å². The maximum atomic E-state index is 14.9. The molecule has 0 N–H and O–H groups in total. The molecule has 0 aromatic heterocycles. The lowest BCUT2D eigenvalue weighted by molar-refractivity contribution is -0.139. The Morgan fingerprint density at radius 1 is 1.08 bits per heavy atom. The Kier molecular flexibility index (Phi) is 7.97. The first-order valence-electron chi connectivity index (χ1n) is 14.9. The minimum Gasteiger partial charge on any atom is -0.447 e. The molecule has 2 aliphatic heterocycles. The van der Waals surface area contributed by atoms with Crippen molar-refractivity contribution in [1.29, 1.82) is 0 Å². The SMILES string of the molecule is CN(C)C1CC(C(=O)N2CCC(CN3C(=O)OCC3(C)C)(C3CCCCC3)CC2)C(c2ccc(F)cc2F)C1. The largest absolute Gasteiger partial charge is 0.447 e. The first-order valence-corrected chi connectivity index (χ1v) is 14.9. The lowest BCUT2D eigenvalue weighted by Gasteiger charge is -2.51. The van der Waals surface area contributed by atoms with E-state index in [0.717, 1.165) is 18.9 Å². The number of carbonyl (C=O) groups is 2. The molecule has 1 aromatic rings. The van der Waals surface area contributed by atoms with Crippen LogP contribution < -0.4 is 0 Å². The number of carbonyl (C=O) groups excluding carboxylic acids is 2. The van der Waals surface area contributed by atoms with Crippen LogP contribution in [0.4, 0.5) is 13.6 Å². The van der Waals surface area contributed by atoms with Crippen molar-refractivity contribution in [2.75, 3.05) is 40.3 Å². The third kappa shape index (κ3) is 5.55. The van der Waals surface area contributed by atoms with Crippen molar-refractivity contribution in [2.45, 2.75) is 89.1 Å². The van der Waals surface area contributed by atoms with Crippen molar-refractivity contribution in [3.63, 3.8) is 0 Å². The molecule has 2 aliphatic carbocycles. The van der Waals surface area contributed by atoms with E-state index in [-0.39, 0.29) is 40.8 Å². The van der Waals surface area contributed by atoms with Crippen LogP contribution in [-0.4, -0.2) is 78.6 Å². The molecular formula is C31H45F2N3O3. The first-order chi connectivity index (χ1) is 18.5. The average Bonchev–Trinajstić information content (AvgIpc) is 3.46. The second-order valence-electron chi connectivity index (χ2n) is 13.4. The molecule has 2 saturated heterocycles. The highest BCUT2D eigenvalue weighted by Gasteiger charge is 2.50. The van der Waals surface area contributed by atoms with Crippen LogP contribution in [0.3, 0.4) is 0 Å². The van der Waals surface area contributed by atoms with E-state index in [1.807, 2.05) is 23.9 Å². The number of halogens is 2. The van der Waals surface area contributed by atoms with Gasteiger partial charge in [-0.1, -0.05) is 25.3 Å². The van der Waals surface area contributed by atoms with Gasteiger partial charge in [0, 0.05) is 37.7 Å². The number of ether oxygens (including phenoxy) is 1. The fourth-order valence-electron chi connectivity index (χ4n) is 7.90. The molecule has 6 nitrogen and oxygen atoms in total. The Bertz CT molecular complexity index is 1060. The standard InChI is InChI=1S/C31H45F2N3O3/c1-30(2)20-39-29(38)36(30)19-31(21-8-6-5-7-9-21)12-14-35(15-13-31)28(37)26-18-23(34(3)4)17-25(26)24-11-10-22(32)16-27(24)33/h10-11,16,21,23,25-26H,5-9,12-15,17-20H2,1-4H3. The van der Waals surface area contributed by atoms with Crippen LogP contribution in [0.15, 0.2) is 18.2 Å². The third-order valence-electron chi connectivity index (χ3n) is 10.5. The molecule has 4 fully saturated rings. The summed E-state index contributed by atoms with van der Waals surface area (Å²) in [7, 11) is 4.00. The van der Waals surface area contributed by atoms with E-state index in [0.29, 0.717) is 50.6 Å².